The van der Waals surface area contributed by atoms with E-state index in [1.807, 2.05) is 0 Å². The average Bonchev–Trinajstić information content (AvgIpc) is 2.14. The van der Waals surface area contributed by atoms with Crippen molar-refractivity contribution in [3.8, 4) is 5.88 Å². The molecule has 1 aromatic heterocycles. The first-order chi connectivity index (χ1) is 7.09. The number of hydrogen-bond acceptors (Lipinski definition) is 3. The maximum Gasteiger partial charge on any atom is 0.303 e. The van der Waals surface area contributed by atoms with Crippen molar-refractivity contribution in [2.24, 2.45) is 0 Å². The summed E-state index contributed by atoms with van der Waals surface area (Å²) >= 11 is 11.4. The summed E-state index contributed by atoms with van der Waals surface area (Å²) < 4.78 is 5.18. The summed E-state index contributed by atoms with van der Waals surface area (Å²) in [7, 11) is 0. The zero-order chi connectivity index (χ0) is 11.3. The lowest BCUT2D eigenvalue weighted by molar-refractivity contribution is -0.137. The molecule has 0 saturated carbocycles. The van der Waals surface area contributed by atoms with Crippen molar-refractivity contribution in [3.05, 3.63) is 22.3 Å². The van der Waals surface area contributed by atoms with Crippen LogP contribution in [0, 0.1) is 0 Å². The second kappa shape index (κ2) is 5.78. The van der Waals surface area contributed by atoms with E-state index in [2.05, 4.69) is 4.98 Å². The van der Waals surface area contributed by atoms with Gasteiger partial charge in [-0.3, -0.25) is 4.79 Å². The molecule has 1 rings (SSSR count). The molecule has 0 saturated heterocycles. The summed E-state index contributed by atoms with van der Waals surface area (Å²) in [5, 5.41) is 9.13. The van der Waals surface area contributed by atoms with E-state index in [1.165, 1.54) is 12.3 Å². The van der Waals surface area contributed by atoms with E-state index in [4.69, 9.17) is 33.0 Å². The minimum atomic E-state index is -0.853. The second-order valence-corrected chi connectivity index (χ2v) is 3.63. The third-order valence-corrected chi connectivity index (χ3v) is 2.03. The first kappa shape index (κ1) is 12.1. The number of carboxylic acids is 1. The minimum Gasteiger partial charge on any atom is -0.481 e. The molecule has 6 heteroatoms. The summed E-state index contributed by atoms with van der Waals surface area (Å²) in [6.07, 6.45) is 1.89. The normalized spacial score (nSPS) is 10.0. The molecule has 0 spiro atoms. The van der Waals surface area contributed by atoms with Gasteiger partial charge in [0.25, 0.3) is 0 Å². The topological polar surface area (TPSA) is 59.4 Å². The van der Waals surface area contributed by atoms with Crippen LogP contribution in [0.2, 0.25) is 10.0 Å². The number of carboxylic acid groups (broad SMARTS) is 1. The fourth-order valence-corrected chi connectivity index (χ4v) is 1.34. The van der Waals surface area contributed by atoms with Crippen LogP contribution in [0.5, 0.6) is 5.88 Å². The number of ether oxygens (including phenoxy) is 1. The predicted octanol–water partition coefficient (Wildman–Crippen LogP) is 2.63. The lowest BCUT2D eigenvalue weighted by Crippen LogP contribution is -2.03. The Balaban J connectivity index is 2.40. The van der Waals surface area contributed by atoms with Gasteiger partial charge in [0.05, 0.1) is 11.6 Å². The van der Waals surface area contributed by atoms with Crippen LogP contribution < -0.4 is 4.74 Å². The van der Waals surface area contributed by atoms with Gasteiger partial charge in [-0.2, -0.15) is 0 Å². The third-order valence-electron chi connectivity index (χ3n) is 1.55. The summed E-state index contributed by atoms with van der Waals surface area (Å²) in [5.74, 6) is -0.583. The van der Waals surface area contributed by atoms with Crippen molar-refractivity contribution in [1.29, 1.82) is 0 Å². The minimum absolute atomic E-state index is 0.0607. The maximum atomic E-state index is 10.2. The number of halogens is 2. The Morgan fingerprint density at radius 3 is 2.87 bits per heavy atom. The smallest absolute Gasteiger partial charge is 0.303 e. The van der Waals surface area contributed by atoms with E-state index in [9.17, 15) is 4.79 Å². The van der Waals surface area contributed by atoms with Crippen molar-refractivity contribution < 1.29 is 14.6 Å². The molecule has 0 aromatic carbocycles. The van der Waals surface area contributed by atoms with Gasteiger partial charge >= 0.3 is 5.97 Å². The predicted molar refractivity (Wildman–Crippen MR) is 56.6 cm³/mol. The SMILES string of the molecule is O=C(O)CCCOc1ncc(Cl)cc1Cl. The molecule has 0 bridgehead atoms. The van der Waals surface area contributed by atoms with Gasteiger partial charge in [0.1, 0.15) is 5.02 Å². The molecular formula is C9H9Cl2NO3. The maximum absolute atomic E-state index is 10.2. The van der Waals surface area contributed by atoms with Crippen molar-refractivity contribution in [1.82, 2.24) is 4.98 Å². The summed E-state index contributed by atoms with van der Waals surface area (Å²) in [5.41, 5.74) is 0. The molecule has 0 unspecified atom stereocenters. The molecule has 1 N–H and O–H groups in total. The zero-order valence-electron chi connectivity index (χ0n) is 7.74. The highest BCUT2D eigenvalue weighted by atomic mass is 35.5. The number of pyridine rings is 1. The molecule has 0 fully saturated rings. The van der Waals surface area contributed by atoms with Gasteiger partial charge < -0.3 is 9.84 Å². The lowest BCUT2D eigenvalue weighted by Gasteiger charge is -2.05. The van der Waals surface area contributed by atoms with Gasteiger partial charge in [0.2, 0.25) is 5.88 Å². The van der Waals surface area contributed by atoms with Crippen LogP contribution in [-0.4, -0.2) is 22.7 Å². The van der Waals surface area contributed by atoms with Crippen LogP contribution in [0.15, 0.2) is 12.3 Å². The molecule has 1 heterocycles. The number of rotatable bonds is 5. The molecule has 82 valence electrons. The van der Waals surface area contributed by atoms with E-state index in [0.717, 1.165) is 0 Å². The Morgan fingerprint density at radius 1 is 1.53 bits per heavy atom. The van der Waals surface area contributed by atoms with Gasteiger partial charge in [-0.15, -0.1) is 0 Å². The molecule has 4 nitrogen and oxygen atoms in total. The van der Waals surface area contributed by atoms with Gasteiger partial charge in [-0.1, -0.05) is 23.2 Å². The summed E-state index contributed by atoms with van der Waals surface area (Å²) in [6.45, 7) is 0.265. The van der Waals surface area contributed by atoms with Crippen LogP contribution in [-0.2, 0) is 4.79 Å². The fourth-order valence-electron chi connectivity index (χ4n) is 0.900. The molecule has 15 heavy (non-hydrogen) atoms. The lowest BCUT2D eigenvalue weighted by atomic mass is 10.3. The van der Waals surface area contributed by atoms with Crippen LogP contribution in [0.4, 0.5) is 0 Å². The number of aromatic nitrogens is 1. The summed E-state index contributed by atoms with van der Waals surface area (Å²) in [6, 6.07) is 1.52. The number of nitrogens with zero attached hydrogens (tertiary/aromatic N) is 1. The second-order valence-electron chi connectivity index (χ2n) is 2.79. The van der Waals surface area contributed by atoms with Crippen LogP contribution in [0.3, 0.4) is 0 Å². The number of aliphatic carboxylic acids is 1. The van der Waals surface area contributed by atoms with Crippen molar-refractivity contribution in [2.75, 3.05) is 6.61 Å². The fraction of sp³-hybridized carbons (Fsp3) is 0.333. The first-order valence-electron chi connectivity index (χ1n) is 4.25. The van der Waals surface area contributed by atoms with Gasteiger partial charge in [-0.25, -0.2) is 4.98 Å². The average molecular weight is 250 g/mol. The molecule has 1 aromatic rings. The van der Waals surface area contributed by atoms with E-state index in [0.29, 0.717) is 16.5 Å². The largest absolute Gasteiger partial charge is 0.481 e. The first-order valence-corrected chi connectivity index (χ1v) is 5.01. The standard InChI is InChI=1S/C9H9Cl2NO3/c10-6-4-7(11)9(12-5-6)15-3-1-2-8(13)14/h4-5H,1-3H2,(H,13,14). The van der Waals surface area contributed by atoms with Gasteiger partial charge in [0.15, 0.2) is 0 Å². The highest BCUT2D eigenvalue weighted by molar-refractivity contribution is 6.35. The highest BCUT2D eigenvalue weighted by Crippen LogP contribution is 2.24. The molecule has 0 aliphatic rings. The highest BCUT2D eigenvalue weighted by Gasteiger charge is 2.04. The molecule has 0 amide bonds. The molecule has 0 aliphatic heterocycles. The van der Waals surface area contributed by atoms with E-state index in [1.54, 1.807) is 0 Å². The van der Waals surface area contributed by atoms with Gasteiger partial charge in [0, 0.05) is 12.6 Å². The van der Waals surface area contributed by atoms with E-state index >= 15 is 0 Å². The molecular weight excluding hydrogens is 241 g/mol. The Hall–Kier alpha value is -1.000. The quantitative estimate of drug-likeness (QED) is 0.816. The van der Waals surface area contributed by atoms with Crippen molar-refractivity contribution in [3.63, 3.8) is 0 Å². The molecule has 0 radical (unpaired) electrons. The van der Waals surface area contributed by atoms with Crippen molar-refractivity contribution in [2.45, 2.75) is 12.8 Å². The molecule has 0 aliphatic carbocycles. The van der Waals surface area contributed by atoms with Gasteiger partial charge in [-0.05, 0) is 12.5 Å². The Kier molecular flexibility index (Phi) is 4.65. The number of carbonyl (C=O) groups is 1. The van der Waals surface area contributed by atoms with E-state index < -0.39 is 5.97 Å². The zero-order valence-corrected chi connectivity index (χ0v) is 9.25. The van der Waals surface area contributed by atoms with Crippen molar-refractivity contribution >= 4 is 29.2 Å². The summed E-state index contributed by atoms with van der Waals surface area (Å²) in [4.78, 5) is 14.1. The van der Waals surface area contributed by atoms with Crippen LogP contribution in [0.1, 0.15) is 12.8 Å². The monoisotopic (exact) mass is 249 g/mol. The Bertz CT molecular complexity index is 357. The van der Waals surface area contributed by atoms with E-state index in [-0.39, 0.29) is 18.9 Å². The third kappa shape index (κ3) is 4.36. The Morgan fingerprint density at radius 2 is 2.27 bits per heavy atom. The van der Waals surface area contributed by atoms with Crippen LogP contribution in [0.25, 0.3) is 0 Å². The van der Waals surface area contributed by atoms with Crippen LogP contribution >= 0.6 is 23.2 Å². The molecule has 0 atom stereocenters. The Labute approximate surface area is 96.8 Å². The number of hydrogen-bond donors (Lipinski definition) is 1.